The second-order valence-corrected chi connectivity index (χ2v) is 6.31. The Morgan fingerprint density at radius 3 is 2.56 bits per heavy atom. The van der Waals surface area contributed by atoms with Crippen molar-refractivity contribution in [3.63, 3.8) is 0 Å². The summed E-state index contributed by atoms with van der Waals surface area (Å²) in [6.45, 7) is 2.05. The van der Waals surface area contributed by atoms with E-state index in [9.17, 15) is 4.79 Å². The SMILES string of the molecule is CCc1ccccc1NC(=O)c1cnc(Nc2cccc(Br)c2)nc1. The van der Waals surface area contributed by atoms with Crippen LogP contribution in [-0.4, -0.2) is 15.9 Å². The molecule has 0 atom stereocenters. The first kappa shape index (κ1) is 17.1. The molecule has 0 saturated carbocycles. The molecule has 2 N–H and O–H groups in total. The van der Waals surface area contributed by atoms with Crippen molar-refractivity contribution in [3.8, 4) is 0 Å². The van der Waals surface area contributed by atoms with Crippen LogP contribution in [0.1, 0.15) is 22.8 Å². The highest BCUT2D eigenvalue weighted by atomic mass is 79.9. The zero-order valence-electron chi connectivity index (χ0n) is 13.7. The number of aryl methyl sites for hydroxylation is 1. The van der Waals surface area contributed by atoms with Gasteiger partial charge >= 0.3 is 0 Å². The number of hydrogen-bond donors (Lipinski definition) is 2. The number of anilines is 3. The number of benzene rings is 2. The minimum atomic E-state index is -0.227. The fourth-order valence-electron chi connectivity index (χ4n) is 2.35. The quantitative estimate of drug-likeness (QED) is 0.649. The minimum Gasteiger partial charge on any atom is -0.324 e. The van der Waals surface area contributed by atoms with Gasteiger partial charge in [-0.05, 0) is 36.2 Å². The molecular weight excluding hydrogens is 380 g/mol. The van der Waals surface area contributed by atoms with Crippen LogP contribution in [0.3, 0.4) is 0 Å². The van der Waals surface area contributed by atoms with Crippen LogP contribution in [0.4, 0.5) is 17.3 Å². The summed E-state index contributed by atoms with van der Waals surface area (Å²) in [4.78, 5) is 20.8. The first-order valence-electron chi connectivity index (χ1n) is 7.89. The maximum Gasteiger partial charge on any atom is 0.258 e. The number of nitrogens with zero attached hydrogens (tertiary/aromatic N) is 2. The van der Waals surface area contributed by atoms with Gasteiger partial charge in [-0.15, -0.1) is 0 Å². The van der Waals surface area contributed by atoms with Crippen molar-refractivity contribution in [2.45, 2.75) is 13.3 Å². The van der Waals surface area contributed by atoms with Crippen molar-refractivity contribution < 1.29 is 4.79 Å². The Balaban J connectivity index is 1.70. The van der Waals surface area contributed by atoms with Gasteiger partial charge in [-0.3, -0.25) is 4.79 Å². The molecule has 1 amide bonds. The molecule has 0 aliphatic carbocycles. The van der Waals surface area contributed by atoms with Crippen molar-refractivity contribution in [1.82, 2.24) is 9.97 Å². The molecule has 0 unspecified atom stereocenters. The van der Waals surface area contributed by atoms with E-state index in [1.54, 1.807) is 0 Å². The summed E-state index contributed by atoms with van der Waals surface area (Å²) in [6, 6.07) is 15.4. The summed E-state index contributed by atoms with van der Waals surface area (Å²) < 4.78 is 0.961. The summed E-state index contributed by atoms with van der Waals surface area (Å²) in [6.07, 6.45) is 3.87. The van der Waals surface area contributed by atoms with Crippen LogP contribution in [-0.2, 0) is 6.42 Å². The van der Waals surface area contributed by atoms with Gasteiger partial charge in [0, 0.05) is 28.2 Å². The number of para-hydroxylation sites is 1. The maximum atomic E-state index is 12.4. The molecule has 0 radical (unpaired) electrons. The molecule has 126 valence electrons. The Morgan fingerprint density at radius 1 is 1.08 bits per heavy atom. The summed E-state index contributed by atoms with van der Waals surface area (Å²) in [5.74, 6) is 0.207. The highest BCUT2D eigenvalue weighted by molar-refractivity contribution is 9.10. The average molecular weight is 397 g/mol. The Kier molecular flexibility index (Phi) is 5.40. The highest BCUT2D eigenvalue weighted by Gasteiger charge is 2.10. The standard InChI is InChI=1S/C19H17BrN4O/c1-2-13-6-3-4-9-17(13)24-18(25)14-11-21-19(22-12-14)23-16-8-5-7-15(20)10-16/h3-12H,2H2,1H3,(H,24,25)(H,21,22,23). The average Bonchev–Trinajstić information content (AvgIpc) is 2.63. The van der Waals surface area contributed by atoms with Gasteiger partial charge in [0.15, 0.2) is 0 Å². The van der Waals surface area contributed by atoms with Crippen molar-refractivity contribution >= 4 is 39.2 Å². The topological polar surface area (TPSA) is 66.9 Å². The van der Waals surface area contributed by atoms with Gasteiger partial charge in [-0.1, -0.05) is 47.1 Å². The van der Waals surface area contributed by atoms with Crippen molar-refractivity contribution in [3.05, 3.63) is 76.5 Å². The molecule has 0 spiro atoms. The van der Waals surface area contributed by atoms with E-state index in [4.69, 9.17) is 0 Å². The largest absolute Gasteiger partial charge is 0.324 e. The normalized spacial score (nSPS) is 10.3. The predicted octanol–water partition coefficient (Wildman–Crippen LogP) is 4.80. The second kappa shape index (κ2) is 7.90. The Bertz CT molecular complexity index is 881. The Hall–Kier alpha value is -2.73. The molecule has 3 aromatic rings. The van der Waals surface area contributed by atoms with Gasteiger partial charge in [0.2, 0.25) is 5.95 Å². The van der Waals surface area contributed by atoms with E-state index in [-0.39, 0.29) is 5.91 Å². The number of rotatable bonds is 5. The predicted molar refractivity (Wildman–Crippen MR) is 103 cm³/mol. The summed E-state index contributed by atoms with van der Waals surface area (Å²) in [5, 5.41) is 6.00. The molecule has 0 aliphatic heterocycles. The molecule has 5 nitrogen and oxygen atoms in total. The van der Waals surface area contributed by atoms with Crippen LogP contribution in [0.25, 0.3) is 0 Å². The van der Waals surface area contributed by atoms with Crippen molar-refractivity contribution in [1.29, 1.82) is 0 Å². The molecule has 0 saturated heterocycles. The van der Waals surface area contributed by atoms with E-state index >= 15 is 0 Å². The molecule has 0 aliphatic rings. The molecule has 2 aromatic carbocycles. The fraction of sp³-hybridized carbons (Fsp3) is 0.105. The van der Waals surface area contributed by atoms with Crippen LogP contribution < -0.4 is 10.6 Å². The lowest BCUT2D eigenvalue weighted by Crippen LogP contribution is -2.14. The number of halogens is 1. The molecule has 0 fully saturated rings. The van der Waals surface area contributed by atoms with E-state index in [1.807, 2.05) is 48.5 Å². The van der Waals surface area contributed by atoms with Crippen molar-refractivity contribution in [2.24, 2.45) is 0 Å². The lowest BCUT2D eigenvalue weighted by molar-refractivity contribution is 0.102. The number of aromatic nitrogens is 2. The zero-order chi connectivity index (χ0) is 17.6. The van der Waals surface area contributed by atoms with E-state index in [0.29, 0.717) is 11.5 Å². The van der Waals surface area contributed by atoms with E-state index in [0.717, 1.165) is 27.8 Å². The fourth-order valence-corrected chi connectivity index (χ4v) is 2.75. The lowest BCUT2D eigenvalue weighted by atomic mass is 10.1. The van der Waals surface area contributed by atoms with Gasteiger partial charge in [-0.25, -0.2) is 9.97 Å². The van der Waals surface area contributed by atoms with Crippen LogP contribution in [0, 0.1) is 0 Å². The first-order chi connectivity index (χ1) is 12.2. The highest BCUT2D eigenvalue weighted by Crippen LogP contribution is 2.19. The molecule has 0 bridgehead atoms. The number of carbonyl (C=O) groups excluding carboxylic acids is 1. The maximum absolute atomic E-state index is 12.4. The van der Waals surface area contributed by atoms with Crippen LogP contribution in [0.15, 0.2) is 65.4 Å². The third-order valence-electron chi connectivity index (χ3n) is 3.64. The first-order valence-corrected chi connectivity index (χ1v) is 8.69. The number of nitrogens with one attached hydrogen (secondary N) is 2. The number of carbonyl (C=O) groups is 1. The molecule has 25 heavy (non-hydrogen) atoms. The molecule has 1 aromatic heterocycles. The lowest BCUT2D eigenvalue weighted by Gasteiger charge is -2.10. The Labute approximate surface area is 154 Å². The second-order valence-electron chi connectivity index (χ2n) is 5.40. The minimum absolute atomic E-state index is 0.227. The van der Waals surface area contributed by atoms with Gasteiger partial charge in [0.1, 0.15) is 0 Å². The number of hydrogen-bond acceptors (Lipinski definition) is 4. The van der Waals surface area contributed by atoms with Gasteiger partial charge in [-0.2, -0.15) is 0 Å². The monoisotopic (exact) mass is 396 g/mol. The smallest absolute Gasteiger partial charge is 0.258 e. The molecule has 6 heteroatoms. The van der Waals surface area contributed by atoms with E-state index in [2.05, 4.69) is 43.5 Å². The van der Waals surface area contributed by atoms with Gasteiger partial charge in [0.05, 0.1) is 5.56 Å². The third kappa shape index (κ3) is 4.42. The molecule has 1 heterocycles. The zero-order valence-corrected chi connectivity index (χ0v) is 15.2. The van der Waals surface area contributed by atoms with Crippen molar-refractivity contribution in [2.75, 3.05) is 10.6 Å². The molecule has 3 rings (SSSR count). The van der Waals surface area contributed by atoms with Crippen LogP contribution in [0.5, 0.6) is 0 Å². The molecular formula is C19H17BrN4O. The van der Waals surface area contributed by atoms with Gasteiger partial charge < -0.3 is 10.6 Å². The number of amides is 1. The Morgan fingerprint density at radius 2 is 1.84 bits per heavy atom. The van der Waals surface area contributed by atoms with E-state index in [1.165, 1.54) is 12.4 Å². The van der Waals surface area contributed by atoms with E-state index < -0.39 is 0 Å². The third-order valence-corrected chi connectivity index (χ3v) is 4.13. The van der Waals surface area contributed by atoms with Gasteiger partial charge in [0.25, 0.3) is 5.91 Å². The summed E-state index contributed by atoms with van der Waals surface area (Å²) >= 11 is 3.42. The summed E-state index contributed by atoms with van der Waals surface area (Å²) in [5.41, 5.74) is 3.17. The van der Waals surface area contributed by atoms with Crippen LogP contribution >= 0.6 is 15.9 Å². The van der Waals surface area contributed by atoms with Crippen LogP contribution in [0.2, 0.25) is 0 Å². The summed E-state index contributed by atoms with van der Waals surface area (Å²) in [7, 11) is 0.